The number of hydrogen-bond acceptors (Lipinski definition) is 8. The van der Waals surface area contributed by atoms with Crippen LogP contribution in [0.1, 0.15) is 11.1 Å². The summed E-state index contributed by atoms with van der Waals surface area (Å²) in [5.41, 5.74) is 0.337. The minimum Gasteiger partial charge on any atom is -0.315 e. The zero-order valence-corrected chi connectivity index (χ0v) is 15.8. The topological polar surface area (TPSA) is 160 Å². The molecule has 1 aromatic heterocycles. The highest BCUT2D eigenvalue weighted by Crippen LogP contribution is 2.21. The Labute approximate surface area is 172 Å². The first-order valence-electron chi connectivity index (χ1n) is 8.27. The maximum absolute atomic E-state index is 12.3. The highest BCUT2D eigenvalue weighted by atomic mass is 32.1. The molecule has 0 aliphatic heterocycles. The Morgan fingerprint density at radius 1 is 0.800 bits per heavy atom. The molecule has 30 heavy (non-hydrogen) atoms. The smallest absolute Gasteiger partial charge is 0.279 e. The second-order valence-electron chi connectivity index (χ2n) is 5.82. The lowest BCUT2D eigenvalue weighted by Gasteiger charge is -2.00. The lowest BCUT2D eigenvalue weighted by Crippen LogP contribution is -2.07. The third-order valence-electron chi connectivity index (χ3n) is 3.79. The standard InChI is InChI=1S/C18H12N6O5S/c25-17-15(19-9-11-1-5-13(6-2-11)23(26)27)16(21-18(30)22-17)20-10-12-3-7-14(8-4-12)24(28)29/h1-10H,(H2,21,22,25,30). The third kappa shape index (κ3) is 4.94. The van der Waals surface area contributed by atoms with Gasteiger partial charge < -0.3 is 4.98 Å². The first-order valence-corrected chi connectivity index (χ1v) is 8.68. The fraction of sp³-hybridized carbons (Fsp3) is 0. The second-order valence-corrected chi connectivity index (χ2v) is 6.23. The average molecular weight is 424 g/mol. The molecule has 0 aliphatic carbocycles. The van der Waals surface area contributed by atoms with Crippen molar-refractivity contribution in [3.05, 3.63) is 95.0 Å². The number of non-ortho nitro benzene ring substituents is 2. The number of benzene rings is 2. The minimum atomic E-state index is -0.576. The van der Waals surface area contributed by atoms with Crippen LogP contribution in [0.5, 0.6) is 0 Å². The molecule has 2 N–H and O–H groups in total. The van der Waals surface area contributed by atoms with E-state index in [0.29, 0.717) is 11.1 Å². The van der Waals surface area contributed by atoms with E-state index in [9.17, 15) is 25.0 Å². The number of H-pyrrole nitrogens is 2. The summed E-state index contributed by atoms with van der Waals surface area (Å²) >= 11 is 4.96. The van der Waals surface area contributed by atoms with Crippen LogP contribution in [0, 0.1) is 25.0 Å². The Hall–Kier alpha value is -4.32. The summed E-state index contributed by atoms with van der Waals surface area (Å²) in [6.45, 7) is 0. The van der Waals surface area contributed by atoms with Crippen LogP contribution in [0.25, 0.3) is 0 Å². The number of aliphatic imine (C=N–C) groups is 2. The van der Waals surface area contributed by atoms with Gasteiger partial charge in [0.1, 0.15) is 0 Å². The maximum Gasteiger partial charge on any atom is 0.279 e. The SMILES string of the molecule is O=c1[nH]c(=S)[nH]c(N=Cc2ccc([N+](=O)[O-])cc2)c1N=Cc1ccc([N+](=O)[O-])cc1. The predicted octanol–water partition coefficient (Wildman–Crippen LogP) is 3.75. The summed E-state index contributed by atoms with van der Waals surface area (Å²) in [5.74, 6) is 0.0836. The molecule has 0 saturated heterocycles. The quantitative estimate of drug-likeness (QED) is 0.265. The van der Waals surface area contributed by atoms with Gasteiger partial charge in [-0.1, -0.05) is 0 Å². The van der Waals surface area contributed by atoms with Gasteiger partial charge in [0, 0.05) is 36.7 Å². The van der Waals surface area contributed by atoms with Crippen LogP contribution in [0.2, 0.25) is 0 Å². The summed E-state index contributed by atoms with van der Waals surface area (Å²) in [7, 11) is 0. The van der Waals surface area contributed by atoms with Crippen molar-refractivity contribution in [2.75, 3.05) is 0 Å². The molecule has 0 atom stereocenters. The zero-order chi connectivity index (χ0) is 21.7. The van der Waals surface area contributed by atoms with E-state index >= 15 is 0 Å². The molecule has 2 aromatic carbocycles. The molecule has 3 aromatic rings. The zero-order valence-electron chi connectivity index (χ0n) is 15.0. The van der Waals surface area contributed by atoms with Gasteiger partial charge in [-0.2, -0.15) is 0 Å². The normalized spacial score (nSPS) is 11.2. The minimum absolute atomic E-state index is 0.0464. The van der Waals surface area contributed by atoms with E-state index in [1.54, 1.807) is 0 Å². The molecule has 3 rings (SSSR count). The molecular weight excluding hydrogens is 412 g/mol. The van der Waals surface area contributed by atoms with Gasteiger partial charge in [-0.3, -0.25) is 30.0 Å². The van der Waals surface area contributed by atoms with Crippen molar-refractivity contribution in [3.63, 3.8) is 0 Å². The highest BCUT2D eigenvalue weighted by molar-refractivity contribution is 7.71. The van der Waals surface area contributed by atoms with Crippen molar-refractivity contribution in [1.82, 2.24) is 9.97 Å². The molecular formula is C18H12N6O5S. The fourth-order valence-electron chi connectivity index (χ4n) is 2.32. The van der Waals surface area contributed by atoms with Gasteiger partial charge in [-0.25, -0.2) is 9.98 Å². The number of aromatic nitrogens is 2. The monoisotopic (exact) mass is 424 g/mol. The molecule has 150 valence electrons. The van der Waals surface area contributed by atoms with Crippen molar-refractivity contribution in [2.24, 2.45) is 9.98 Å². The van der Waals surface area contributed by atoms with Crippen LogP contribution in [0.15, 0.2) is 63.3 Å². The first kappa shape index (κ1) is 20.4. The average Bonchev–Trinajstić information content (AvgIpc) is 2.72. The first-order chi connectivity index (χ1) is 14.3. The third-order valence-corrected chi connectivity index (χ3v) is 4.00. The Morgan fingerprint density at radius 3 is 1.73 bits per heavy atom. The van der Waals surface area contributed by atoms with E-state index in [1.165, 1.54) is 61.0 Å². The van der Waals surface area contributed by atoms with Crippen LogP contribution in [0.4, 0.5) is 22.9 Å². The summed E-state index contributed by atoms with van der Waals surface area (Å²) in [6, 6.07) is 11.3. The molecule has 0 fully saturated rings. The van der Waals surface area contributed by atoms with Gasteiger partial charge in [0.2, 0.25) is 0 Å². The summed E-state index contributed by atoms with van der Waals surface area (Å²) < 4.78 is 0.0464. The van der Waals surface area contributed by atoms with E-state index in [2.05, 4.69) is 20.0 Å². The molecule has 0 amide bonds. The number of aromatic amines is 2. The molecule has 11 nitrogen and oxygen atoms in total. The Kier molecular flexibility index (Phi) is 5.98. The number of nitro groups is 2. The highest BCUT2D eigenvalue weighted by Gasteiger charge is 2.08. The Bertz CT molecular complexity index is 1280. The van der Waals surface area contributed by atoms with Crippen LogP contribution in [-0.4, -0.2) is 32.2 Å². The van der Waals surface area contributed by atoms with E-state index in [4.69, 9.17) is 12.2 Å². The predicted molar refractivity (Wildman–Crippen MR) is 113 cm³/mol. The number of nitrogens with one attached hydrogen (secondary N) is 2. The molecule has 12 heteroatoms. The van der Waals surface area contributed by atoms with E-state index in [1.807, 2.05) is 0 Å². The van der Waals surface area contributed by atoms with Crippen molar-refractivity contribution in [3.8, 4) is 0 Å². The Morgan fingerprint density at radius 2 is 1.27 bits per heavy atom. The van der Waals surface area contributed by atoms with E-state index in [-0.39, 0.29) is 27.7 Å². The molecule has 0 spiro atoms. The number of nitrogens with zero attached hydrogens (tertiary/aromatic N) is 4. The number of hydrogen-bond donors (Lipinski definition) is 2. The van der Waals surface area contributed by atoms with Crippen LogP contribution < -0.4 is 5.56 Å². The fourth-order valence-corrected chi connectivity index (χ4v) is 2.51. The molecule has 0 radical (unpaired) electrons. The van der Waals surface area contributed by atoms with Crippen molar-refractivity contribution in [2.45, 2.75) is 0 Å². The van der Waals surface area contributed by atoms with Crippen LogP contribution >= 0.6 is 12.2 Å². The number of rotatable bonds is 6. The summed E-state index contributed by atoms with van der Waals surface area (Å²) in [5, 5.41) is 21.4. The van der Waals surface area contributed by atoms with Crippen molar-refractivity contribution in [1.29, 1.82) is 0 Å². The maximum atomic E-state index is 12.3. The molecule has 0 unspecified atom stereocenters. The molecule has 0 aliphatic rings. The summed E-state index contributed by atoms with van der Waals surface area (Å²) in [6.07, 6.45) is 2.75. The molecule has 1 heterocycles. The lowest BCUT2D eigenvalue weighted by atomic mass is 10.2. The van der Waals surface area contributed by atoms with Crippen LogP contribution in [0.3, 0.4) is 0 Å². The Balaban J connectivity index is 1.92. The lowest BCUT2D eigenvalue weighted by molar-refractivity contribution is -0.385. The molecule has 0 saturated carbocycles. The largest absolute Gasteiger partial charge is 0.315 e. The van der Waals surface area contributed by atoms with Gasteiger partial charge in [0.15, 0.2) is 16.3 Å². The van der Waals surface area contributed by atoms with Crippen molar-refractivity contribution < 1.29 is 9.85 Å². The van der Waals surface area contributed by atoms with Crippen LogP contribution in [-0.2, 0) is 0 Å². The van der Waals surface area contributed by atoms with Crippen molar-refractivity contribution >= 4 is 47.5 Å². The van der Waals surface area contributed by atoms with E-state index < -0.39 is 15.4 Å². The van der Waals surface area contributed by atoms with E-state index in [0.717, 1.165) is 0 Å². The summed E-state index contributed by atoms with van der Waals surface area (Å²) in [4.78, 5) is 46.1. The second kappa shape index (κ2) is 8.79. The van der Waals surface area contributed by atoms with Gasteiger partial charge in [0.05, 0.1) is 9.85 Å². The number of nitro benzene ring substituents is 2. The van der Waals surface area contributed by atoms with Gasteiger partial charge >= 0.3 is 0 Å². The van der Waals surface area contributed by atoms with Gasteiger partial charge in [-0.05, 0) is 47.6 Å². The molecule has 0 bridgehead atoms. The van der Waals surface area contributed by atoms with Gasteiger partial charge in [0.25, 0.3) is 16.9 Å². The van der Waals surface area contributed by atoms with Gasteiger partial charge in [-0.15, -0.1) is 0 Å².